The van der Waals surface area contributed by atoms with E-state index >= 15 is 0 Å². The highest BCUT2D eigenvalue weighted by atomic mass is 16.5. The topological polar surface area (TPSA) is 41.7 Å². The Kier molecular flexibility index (Phi) is 5.01. The Balaban J connectivity index is 1.65. The molecule has 2 heterocycles. The highest BCUT2D eigenvalue weighted by molar-refractivity contribution is 4.84. The van der Waals surface area contributed by atoms with Gasteiger partial charge in [-0.15, -0.1) is 0 Å². The summed E-state index contributed by atoms with van der Waals surface area (Å²) in [6.07, 6.45) is 3.66. The molecule has 4 nitrogen and oxygen atoms in total. The molecule has 4 heteroatoms. The van der Waals surface area contributed by atoms with Crippen LogP contribution in [0.1, 0.15) is 33.1 Å². The maximum Gasteiger partial charge on any atom is 0.0594 e. The third kappa shape index (κ3) is 4.50. The fraction of sp³-hybridized carbons (Fsp3) is 1.00. The van der Waals surface area contributed by atoms with E-state index in [-0.39, 0.29) is 5.54 Å². The molecule has 0 radical (unpaired) electrons. The second-order valence-corrected chi connectivity index (χ2v) is 6.48. The average molecular weight is 255 g/mol. The smallest absolute Gasteiger partial charge is 0.0594 e. The van der Waals surface area contributed by atoms with Gasteiger partial charge in [-0.2, -0.15) is 0 Å². The molecule has 2 aliphatic heterocycles. The first kappa shape index (κ1) is 14.3. The Bertz CT molecular complexity index is 246. The maximum absolute atomic E-state index is 6.02. The molecule has 0 bridgehead atoms. The Morgan fingerprint density at radius 2 is 1.94 bits per heavy atom. The molecule has 0 aliphatic carbocycles. The lowest BCUT2D eigenvalue weighted by molar-refractivity contribution is 0.0185. The molecule has 2 rings (SSSR count). The predicted molar refractivity (Wildman–Crippen MR) is 74.7 cm³/mol. The van der Waals surface area contributed by atoms with Crippen LogP contribution in [0.5, 0.6) is 0 Å². The first-order valence-corrected chi connectivity index (χ1v) is 7.38. The minimum Gasteiger partial charge on any atom is -0.379 e. The van der Waals surface area contributed by atoms with Crippen molar-refractivity contribution < 1.29 is 4.74 Å². The number of ether oxygens (including phenoxy) is 1. The second-order valence-electron chi connectivity index (χ2n) is 6.48. The molecule has 18 heavy (non-hydrogen) atoms. The molecule has 106 valence electrons. The molecule has 0 aromatic carbocycles. The summed E-state index contributed by atoms with van der Waals surface area (Å²) in [5.41, 5.74) is 6.01. The van der Waals surface area contributed by atoms with Crippen LogP contribution in [0.4, 0.5) is 0 Å². The number of nitrogens with two attached hydrogens (primary N) is 1. The summed E-state index contributed by atoms with van der Waals surface area (Å²) in [5, 5.41) is 0. The molecule has 2 aliphatic rings. The van der Waals surface area contributed by atoms with Crippen LogP contribution in [0.25, 0.3) is 0 Å². The molecular formula is C14H29N3O. The zero-order valence-electron chi connectivity index (χ0n) is 12.0. The van der Waals surface area contributed by atoms with E-state index in [1.165, 1.54) is 32.5 Å². The summed E-state index contributed by atoms with van der Waals surface area (Å²) >= 11 is 0. The summed E-state index contributed by atoms with van der Waals surface area (Å²) in [7, 11) is 0. The zero-order valence-corrected chi connectivity index (χ0v) is 12.0. The molecule has 1 atom stereocenters. The van der Waals surface area contributed by atoms with Gasteiger partial charge in [-0.3, -0.25) is 4.90 Å². The lowest BCUT2D eigenvalue weighted by Gasteiger charge is -2.32. The van der Waals surface area contributed by atoms with Crippen molar-refractivity contribution >= 4 is 0 Å². The molecule has 2 fully saturated rings. The molecular weight excluding hydrogens is 226 g/mol. The first-order chi connectivity index (χ1) is 8.54. The van der Waals surface area contributed by atoms with E-state index in [9.17, 15) is 0 Å². The number of rotatable bonds is 5. The van der Waals surface area contributed by atoms with Gasteiger partial charge in [-0.1, -0.05) is 0 Å². The van der Waals surface area contributed by atoms with Crippen LogP contribution in [0, 0.1) is 0 Å². The van der Waals surface area contributed by atoms with Crippen molar-refractivity contribution in [3.8, 4) is 0 Å². The monoisotopic (exact) mass is 255 g/mol. The molecule has 2 saturated heterocycles. The standard InChI is InChI=1S/C14H29N3O/c1-14(2,15)5-3-6-16-7-4-13(12-16)17-8-10-18-11-9-17/h13H,3-12,15H2,1-2H3. The molecule has 0 aromatic rings. The van der Waals surface area contributed by atoms with Gasteiger partial charge in [0.15, 0.2) is 0 Å². The van der Waals surface area contributed by atoms with E-state index in [0.29, 0.717) is 0 Å². The molecule has 0 aromatic heterocycles. The van der Waals surface area contributed by atoms with Gasteiger partial charge in [-0.25, -0.2) is 0 Å². The molecule has 2 N–H and O–H groups in total. The minimum absolute atomic E-state index is 0.0106. The van der Waals surface area contributed by atoms with Crippen molar-refractivity contribution in [2.75, 3.05) is 45.9 Å². The first-order valence-electron chi connectivity index (χ1n) is 7.38. The SMILES string of the molecule is CC(C)(N)CCCN1CCC(N2CCOCC2)C1. The maximum atomic E-state index is 6.02. The van der Waals surface area contributed by atoms with Crippen LogP contribution in [0.3, 0.4) is 0 Å². The second kappa shape index (κ2) is 6.33. The van der Waals surface area contributed by atoms with Crippen LogP contribution in [-0.2, 0) is 4.74 Å². The van der Waals surface area contributed by atoms with Gasteiger partial charge in [0.05, 0.1) is 13.2 Å². The summed E-state index contributed by atoms with van der Waals surface area (Å²) < 4.78 is 5.42. The number of hydrogen-bond acceptors (Lipinski definition) is 4. The normalized spacial score (nSPS) is 27.8. The van der Waals surface area contributed by atoms with Crippen LogP contribution in [0.2, 0.25) is 0 Å². The van der Waals surface area contributed by atoms with E-state index < -0.39 is 0 Å². The summed E-state index contributed by atoms with van der Waals surface area (Å²) in [4.78, 5) is 5.21. The van der Waals surface area contributed by atoms with E-state index in [4.69, 9.17) is 10.5 Å². The number of morpholine rings is 1. The van der Waals surface area contributed by atoms with Crippen LogP contribution < -0.4 is 5.73 Å². The van der Waals surface area contributed by atoms with Crippen LogP contribution >= 0.6 is 0 Å². The number of nitrogens with zero attached hydrogens (tertiary/aromatic N) is 2. The lowest BCUT2D eigenvalue weighted by atomic mass is 10.0. The van der Waals surface area contributed by atoms with Gasteiger partial charge >= 0.3 is 0 Å². The molecule has 0 amide bonds. The lowest BCUT2D eigenvalue weighted by Crippen LogP contribution is -2.44. The van der Waals surface area contributed by atoms with Crippen molar-refractivity contribution in [2.24, 2.45) is 5.73 Å². The Hall–Kier alpha value is -0.160. The third-order valence-corrected chi connectivity index (χ3v) is 4.11. The van der Waals surface area contributed by atoms with Gasteiger partial charge in [0.1, 0.15) is 0 Å². The van der Waals surface area contributed by atoms with Gasteiger partial charge < -0.3 is 15.4 Å². The third-order valence-electron chi connectivity index (χ3n) is 4.11. The van der Waals surface area contributed by atoms with Crippen molar-refractivity contribution in [3.63, 3.8) is 0 Å². The fourth-order valence-electron chi connectivity index (χ4n) is 3.01. The molecule has 0 spiro atoms. The molecule has 0 saturated carbocycles. The Morgan fingerprint density at radius 1 is 1.22 bits per heavy atom. The van der Waals surface area contributed by atoms with Crippen molar-refractivity contribution in [1.29, 1.82) is 0 Å². The van der Waals surface area contributed by atoms with Gasteiger partial charge in [0, 0.05) is 31.2 Å². The van der Waals surface area contributed by atoms with Crippen LogP contribution in [-0.4, -0.2) is 67.3 Å². The van der Waals surface area contributed by atoms with Gasteiger partial charge in [-0.05, 0) is 46.2 Å². The molecule has 1 unspecified atom stereocenters. The Morgan fingerprint density at radius 3 is 2.61 bits per heavy atom. The van der Waals surface area contributed by atoms with Gasteiger partial charge in [0.2, 0.25) is 0 Å². The van der Waals surface area contributed by atoms with Crippen molar-refractivity contribution in [3.05, 3.63) is 0 Å². The van der Waals surface area contributed by atoms with E-state index in [2.05, 4.69) is 23.6 Å². The summed E-state index contributed by atoms with van der Waals surface area (Å²) in [6.45, 7) is 12.0. The highest BCUT2D eigenvalue weighted by Crippen LogP contribution is 2.18. The quantitative estimate of drug-likeness (QED) is 0.793. The number of hydrogen-bond donors (Lipinski definition) is 1. The number of likely N-dealkylation sites (tertiary alicyclic amines) is 1. The summed E-state index contributed by atoms with van der Waals surface area (Å²) in [5.74, 6) is 0. The van der Waals surface area contributed by atoms with E-state index in [0.717, 1.165) is 38.8 Å². The minimum atomic E-state index is -0.0106. The van der Waals surface area contributed by atoms with Crippen molar-refractivity contribution in [2.45, 2.75) is 44.7 Å². The zero-order chi connectivity index (χ0) is 13.0. The van der Waals surface area contributed by atoms with Gasteiger partial charge in [0.25, 0.3) is 0 Å². The van der Waals surface area contributed by atoms with Crippen molar-refractivity contribution in [1.82, 2.24) is 9.80 Å². The Labute approximate surface area is 111 Å². The fourth-order valence-corrected chi connectivity index (χ4v) is 3.01. The average Bonchev–Trinajstić information content (AvgIpc) is 2.77. The summed E-state index contributed by atoms with van der Waals surface area (Å²) in [6, 6.07) is 0.764. The highest BCUT2D eigenvalue weighted by Gasteiger charge is 2.28. The largest absolute Gasteiger partial charge is 0.379 e. The van der Waals surface area contributed by atoms with E-state index in [1.54, 1.807) is 0 Å². The van der Waals surface area contributed by atoms with Crippen LogP contribution in [0.15, 0.2) is 0 Å². The van der Waals surface area contributed by atoms with E-state index in [1.807, 2.05) is 0 Å². The predicted octanol–water partition coefficient (Wildman–Crippen LogP) is 0.910.